The molecule has 9 heteroatoms. The van der Waals surface area contributed by atoms with Gasteiger partial charge in [0.15, 0.2) is 9.84 Å². The summed E-state index contributed by atoms with van der Waals surface area (Å²) in [6.45, 7) is -3.72. The summed E-state index contributed by atoms with van der Waals surface area (Å²) in [5.41, 5.74) is -0.758. The fourth-order valence-corrected chi connectivity index (χ4v) is 1.86. The van der Waals surface area contributed by atoms with E-state index < -0.39 is 22.3 Å². The van der Waals surface area contributed by atoms with E-state index in [1.54, 1.807) is 0 Å². The Morgan fingerprint density at radius 3 is 2.42 bits per heavy atom. The minimum Gasteiger partial charge on any atom is -0.493 e. The first-order valence-electron chi connectivity index (χ1n) is 5.38. The summed E-state index contributed by atoms with van der Waals surface area (Å²) >= 11 is 0. The third-order valence-corrected chi connectivity index (χ3v) is 4.01. The second-order valence-corrected chi connectivity index (χ2v) is 6.20. The van der Waals surface area contributed by atoms with Crippen molar-refractivity contribution in [1.29, 1.82) is 0 Å². The Morgan fingerprint density at radius 2 is 1.89 bits per heavy atom. The molecule has 1 aromatic carbocycles. The van der Waals surface area contributed by atoms with Gasteiger partial charge in [0.2, 0.25) is 0 Å². The Bertz CT molecular complexity index is 505. The molecule has 0 aliphatic rings. The third kappa shape index (κ3) is 7.14. The Labute approximate surface area is 153 Å². The first kappa shape index (κ1) is 19.5. The second-order valence-electron chi connectivity index (χ2n) is 3.73. The van der Waals surface area contributed by atoms with Crippen LogP contribution in [0.25, 0.3) is 0 Å². The molecule has 1 aromatic rings. The summed E-state index contributed by atoms with van der Waals surface area (Å²) < 4.78 is 64.7. The van der Waals surface area contributed by atoms with Crippen molar-refractivity contribution in [1.82, 2.24) is 0 Å². The molecule has 0 fully saturated rings. The van der Waals surface area contributed by atoms with E-state index >= 15 is 0 Å². The molecule has 0 saturated carbocycles. The van der Waals surface area contributed by atoms with Crippen molar-refractivity contribution in [2.24, 2.45) is 0 Å². The molecule has 0 aromatic heterocycles. The van der Waals surface area contributed by atoms with Crippen LogP contribution in [0.5, 0.6) is 5.75 Å². The van der Waals surface area contributed by atoms with Crippen LogP contribution in [-0.2, 0) is 9.84 Å². The Morgan fingerprint density at radius 1 is 1.26 bits per heavy atom. The van der Waals surface area contributed by atoms with E-state index in [4.69, 9.17) is 4.74 Å². The number of hydrogen-bond acceptors (Lipinski definition) is 3. The summed E-state index contributed by atoms with van der Waals surface area (Å²) in [6, 6.07) is 4.42. The molecule has 19 heavy (non-hydrogen) atoms. The maximum atomic E-state index is 12.4. The average molecular weight is 320 g/mol. The van der Waals surface area contributed by atoms with E-state index in [1.165, 1.54) is 19.1 Å². The van der Waals surface area contributed by atoms with Gasteiger partial charge in [-0.2, -0.15) is 0 Å². The van der Waals surface area contributed by atoms with Crippen LogP contribution < -0.4 is 61.6 Å². The van der Waals surface area contributed by atoms with Gasteiger partial charge in [0.25, 0.3) is 0 Å². The van der Waals surface area contributed by atoms with Crippen LogP contribution in [-0.4, -0.2) is 33.5 Å². The van der Waals surface area contributed by atoms with Gasteiger partial charge in [-0.1, -0.05) is 19.1 Å². The minimum atomic E-state index is -5.07. The topological polar surface area (TPSA) is 43.4 Å². The molecule has 0 saturated heterocycles. The van der Waals surface area contributed by atoms with Crippen LogP contribution in [0, 0.1) is 0 Å². The van der Waals surface area contributed by atoms with E-state index in [0.717, 1.165) is 12.1 Å². The molecule has 3 nitrogen and oxygen atoms in total. The van der Waals surface area contributed by atoms with Crippen molar-refractivity contribution < 1.29 is 77.5 Å². The van der Waals surface area contributed by atoms with E-state index in [-0.39, 0.29) is 75.2 Å². The van der Waals surface area contributed by atoms with Crippen LogP contribution in [0.2, 0.25) is 0 Å². The number of halogens is 3. The van der Waals surface area contributed by atoms with Crippen molar-refractivity contribution in [3.8, 4) is 5.75 Å². The first-order chi connectivity index (χ1) is 8.24. The molecule has 102 valence electrons. The average Bonchev–Trinajstić information content (AvgIpc) is 2.28. The van der Waals surface area contributed by atoms with Gasteiger partial charge in [0.05, 0.1) is 5.75 Å². The first-order valence-corrected chi connectivity index (χ1v) is 7.20. The molecule has 0 atom stereocenters. The molecule has 0 spiro atoms. The minimum absolute atomic E-state index is 0. The van der Waals surface area contributed by atoms with Crippen LogP contribution >= 0.6 is 0 Å². The van der Waals surface area contributed by atoms with E-state index in [9.17, 15) is 21.4 Å². The summed E-state index contributed by atoms with van der Waals surface area (Å²) in [4.78, 5) is 0. The van der Waals surface area contributed by atoms with E-state index in [2.05, 4.69) is 0 Å². The van der Waals surface area contributed by atoms with Crippen molar-refractivity contribution >= 4 is 22.3 Å². The van der Waals surface area contributed by atoms with Gasteiger partial charge in [-0.25, -0.2) is 8.42 Å². The van der Waals surface area contributed by atoms with Gasteiger partial charge < -0.3 is 17.7 Å². The van der Waals surface area contributed by atoms with Crippen LogP contribution in [0.1, 0.15) is 6.92 Å². The summed E-state index contributed by atoms with van der Waals surface area (Å²) in [5.74, 6) is -0.189. The number of ether oxygens (including phenoxy) is 1. The van der Waals surface area contributed by atoms with Gasteiger partial charge in [0.1, 0.15) is 12.4 Å². The summed E-state index contributed by atoms with van der Waals surface area (Å²) in [6.07, 6.45) is 0. The monoisotopic (exact) mass is 320 g/mol. The maximum Gasteiger partial charge on any atom is 1.00 e. The van der Waals surface area contributed by atoms with Gasteiger partial charge in [-0.05, 0) is 12.1 Å². The molecule has 0 N–H and O–H groups in total. The SMILES string of the molecule is CCS(=O)(=O)CCOc1cccc([B-](F)(F)F)c1.[K+]. The molecular weight excluding hydrogens is 307 g/mol. The fraction of sp³-hybridized carbons (Fsp3) is 0.400. The zero-order valence-electron chi connectivity index (χ0n) is 10.8. The number of benzene rings is 1. The van der Waals surface area contributed by atoms with Crippen LogP contribution in [0.3, 0.4) is 0 Å². The largest absolute Gasteiger partial charge is 1.00 e. The van der Waals surface area contributed by atoms with Crippen LogP contribution in [0.15, 0.2) is 24.3 Å². The number of sulfone groups is 1. The van der Waals surface area contributed by atoms with Gasteiger partial charge in [0, 0.05) is 5.75 Å². The molecule has 1 rings (SSSR count). The van der Waals surface area contributed by atoms with Crippen LogP contribution in [0.4, 0.5) is 12.9 Å². The smallest absolute Gasteiger partial charge is 0.493 e. The molecule has 0 unspecified atom stereocenters. The van der Waals surface area contributed by atoms with Gasteiger partial charge in [-0.3, -0.25) is 0 Å². The molecule has 0 aliphatic heterocycles. The van der Waals surface area contributed by atoms with Gasteiger partial charge in [-0.15, -0.1) is 5.46 Å². The molecule has 0 bridgehead atoms. The molecule has 0 radical (unpaired) electrons. The van der Waals surface area contributed by atoms with Crippen molar-refractivity contribution in [3.63, 3.8) is 0 Å². The van der Waals surface area contributed by atoms with E-state index in [0.29, 0.717) is 0 Å². The number of hydrogen-bond donors (Lipinski definition) is 0. The fourth-order valence-electron chi connectivity index (χ4n) is 1.24. The summed E-state index contributed by atoms with van der Waals surface area (Å²) in [7, 11) is -3.17. The van der Waals surface area contributed by atoms with Crippen molar-refractivity contribution in [2.75, 3.05) is 18.1 Å². The van der Waals surface area contributed by atoms with Crippen molar-refractivity contribution in [3.05, 3.63) is 24.3 Å². The summed E-state index contributed by atoms with van der Waals surface area (Å²) in [5, 5.41) is 0. The normalized spacial score (nSPS) is 11.8. The molecule has 0 amide bonds. The Kier molecular flexibility index (Phi) is 8.23. The third-order valence-electron chi connectivity index (χ3n) is 2.34. The van der Waals surface area contributed by atoms with Gasteiger partial charge >= 0.3 is 58.4 Å². The molecular formula is C10H13BF3KO3S. The molecule has 0 aliphatic carbocycles. The Balaban J connectivity index is 0.00000324. The predicted octanol–water partition coefficient (Wildman–Crippen LogP) is -1.44. The molecule has 0 heterocycles. The maximum absolute atomic E-state index is 12.4. The Hall–Kier alpha value is 0.461. The zero-order valence-corrected chi connectivity index (χ0v) is 14.7. The van der Waals surface area contributed by atoms with E-state index in [1.807, 2.05) is 0 Å². The standard InChI is InChI=1S/C10H13BF3O3S.K/c1-2-18(15,16)7-6-17-10-5-3-4-9(8-10)11(12,13)14;/h3-5,8H,2,6-7H2,1H3;/q-1;+1. The second kappa shape index (κ2) is 8.04. The number of rotatable bonds is 6. The van der Waals surface area contributed by atoms with Crippen molar-refractivity contribution in [2.45, 2.75) is 6.92 Å². The zero-order chi connectivity index (χ0) is 13.8. The predicted molar refractivity (Wildman–Crippen MR) is 65.0 cm³/mol. The quantitative estimate of drug-likeness (QED) is 0.603.